The fourth-order valence-electron chi connectivity index (χ4n) is 1.09. The molecule has 0 N–H and O–H groups in total. The molecule has 1 aromatic carbocycles. The molecule has 0 saturated heterocycles. The van der Waals surface area contributed by atoms with E-state index in [2.05, 4.69) is 0 Å². The molecule has 0 bridgehead atoms. The van der Waals surface area contributed by atoms with Gasteiger partial charge in [-0.25, -0.2) is 0 Å². The quantitative estimate of drug-likeness (QED) is 0.559. The lowest BCUT2D eigenvalue weighted by molar-refractivity contribution is -0.586. The molecule has 0 aliphatic carbocycles. The van der Waals surface area contributed by atoms with Crippen LogP contribution >= 0.6 is 34.5 Å². The predicted molar refractivity (Wildman–Crippen MR) is 58.7 cm³/mol. The van der Waals surface area contributed by atoms with E-state index >= 15 is 0 Å². The first-order valence-corrected chi connectivity index (χ1v) is 5.40. The van der Waals surface area contributed by atoms with E-state index in [1.807, 2.05) is 30.3 Å². The summed E-state index contributed by atoms with van der Waals surface area (Å²) in [6, 6.07) is 9.28. The molecule has 0 spiro atoms. The number of hydrogen-bond acceptors (Lipinski definition) is 2. The standard InChI is InChI=1S/C9H5Cl2NOS/c10-7-8(11)14-9(12(7)13)6-4-2-1-3-5-6/h1-5H. The van der Waals surface area contributed by atoms with Crippen molar-refractivity contribution < 1.29 is 4.73 Å². The molecule has 1 aromatic heterocycles. The highest BCUT2D eigenvalue weighted by Gasteiger charge is 2.20. The third-order valence-electron chi connectivity index (χ3n) is 1.73. The molecular formula is C9H5Cl2NOS. The Bertz CT molecular complexity index is 455. The van der Waals surface area contributed by atoms with Crippen molar-refractivity contribution in [2.24, 2.45) is 0 Å². The Morgan fingerprint density at radius 1 is 1.14 bits per heavy atom. The van der Waals surface area contributed by atoms with Gasteiger partial charge in [-0.1, -0.05) is 29.8 Å². The Labute approximate surface area is 94.9 Å². The van der Waals surface area contributed by atoms with Crippen molar-refractivity contribution >= 4 is 34.5 Å². The maximum Gasteiger partial charge on any atom is 0.316 e. The molecule has 2 rings (SSSR count). The van der Waals surface area contributed by atoms with E-state index in [4.69, 9.17) is 23.2 Å². The molecule has 0 aliphatic heterocycles. The second-order valence-corrected chi connectivity index (χ2v) is 4.59. The first kappa shape index (κ1) is 9.77. The lowest BCUT2D eigenvalue weighted by atomic mass is 10.2. The molecule has 72 valence electrons. The van der Waals surface area contributed by atoms with Gasteiger partial charge in [0.2, 0.25) is 0 Å². The first-order valence-electron chi connectivity index (χ1n) is 3.83. The van der Waals surface area contributed by atoms with E-state index in [1.54, 1.807) is 0 Å². The summed E-state index contributed by atoms with van der Waals surface area (Å²) in [5.41, 5.74) is 0.821. The van der Waals surface area contributed by atoms with E-state index in [-0.39, 0.29) is 5.15 Å². The zero-order chi connectivity index (χ0) is 10.1. The van der Waals surface area contributed by atoms with Crippen LogP contribution in [0.1, 0.15) is 0 Å². The van der Waals surface area contributed by atoms with Crippen molar-refractivity contribution in [2.45, 2.75) is 0 Å². The van der Waals surface area contributed by atoms with Crippen molar-refractivity contribution in [3.8, 4) is 10.6 Å². The van der Waals surface area contributed by atoms with Crippen molar-refractivity contribution in [3.63, 3.8) is 0 Å². The van der Waals surface area contributed by atoms with Crippen LogP contribution in [-0.2, 0) is 0 Å². The first-order chi connectivity index (χ1) is 6.70. The second kappa shape index (κ2) is 3.77. The number of hydrogen-bond donors (Lipinski definition) is 0. The van der Waals surface area contributed by atoms with Crippen LogP contribution in [0, 0.1) is 5.21 Å². The van der Waals surface area contributed by atoms with Gasteiger partial charge in [-0.05, 0) is 35.1 Å². The van der Waals surface area contributed by atoms with Gasteiger partial charge in [-0.3, -0.25) is 0 Å². The molecule has 0 unspecified atom stereocenters. The molecular weight excluding hydrogens is 241 g/mol. The van der Waals surface area contributed by atoms with Crippen LogP contribution in [0.4, 0.5) is 0 Å². The van der Waals surface area contributed by atoms with Crippen LogP contribution in [0.3, 0.4) is 0 Å². The highest BCUT2D eigenvalue weighted by molar-refractivity contribution is 7.19. The molecule has 0 fully saturated rings. The number of rotatable bonds is 1. The smallest absolute Gasteiger partial charge is 0.316 e. The maximum absolute atomic E-state index is 11.5. The van der Waals surface area contributed by atoms with Crippen LogP contribution in [0.5, 0.6) is 0 Å². The van der Waals surface area contributed by atoms with E-state index in [9.17, 15) is 5.21 Å². The minimum Gasteiger partial charge on any atom is -0.617 e. The van der Waals surface area contributed by atoms with Crippen LogP contribution < -0.4 is 4.73 Å². The summed E-state index contributed by atoms with van der Waals surface area (Å²) in [4.78, 5) is 0. The van der Waals surface area contributed by atoms with Gasteiger partial charge < -0.3 is 5.21 Å². The van der Waals surface area contributed by atoms with Gasteiger partial charge in [-0.2, -0.15) is 0 Å². The number of benzene rings is 1. The van der Waals surface area contributed by atoms with Gasteiger partial charge in [0.15, 0.2) is 4.34 Å². The summed E-state index contributed by atoms with van der Waals surface area (Å²) >= 11 is 12.6. The highest BCUT2D eigenvalue weighted by atomic mass is 35.5. The van der Waals surface area contributed by atoms with Crippen molar-refractivity contribution in [1.29, 1.82) is 0 Å². The number of nitrogens with zero attached hydrogens (tertiary/aromatic N) is 1. The Balaban J connectivity index is 2.58. The van der Waals surface area contributed by atoms with Crippen molar-refractivity contribution in [2.75, 3.05) is 0 Å². The minimum absolute atomic E-state index is 0.0375. The van der Waals surface area contributed by atoms with Gasteiger partial charge in [0.05, 0.1) is 5.56 Å². The Hall–Kier alpha value is -0.770. The summed E-state index contributed by atoms with van der Waals surface area (Å²) in [5, 5.41) is 12.1. The van der Waals surface area contributed by atoms with Gasteiger partial charge in [0.1, 0.15) is 0 Å². The Morgan fingerprint density at radius 2 is 1.79 bits per heavy atom. The molecule has 0 radical (unpaired) electrons. The molecule has 0 aliphatic rings. The normalized spacial score (nSPS) is 10.4. The monoisotopic (exact) mass is 245 g/mol. The van der Waals surface area contributed by atoms with Gasteiger partial charge in [-0.15, -0.1) is 4.73 Å². The van der Waals surface area contributed by atoms with E-state index in [0.717, 1.165) is 5.56 Å². The fourth-order valence-corrected chi connectivity index (χ4v) is 2.41. The zero-order valence-corrected chi connectivity index (χ0v) is 9.23. The van der Waals surface area contributed by atoms with Gasteiger partial charge >= 0.3 is 5.15 Å². The summed E-state index contributed by atoms with van der Waals surface area (Å²) in [7, 11) is 0. The molecule has 1 heterocycles. The number of aromatic nitrogens is 1. The highest BCUT2D eigenvalue weighted by Crippen LogP contribution is 2.32. The summed E-state index contributed by atoms with van der Waals surface area (Å²) in [5.74, 6) is 0. The summed E-state index contributed by atoms with van der Waals surface area (Å²) in [6.07, 6.45) is 0. The topological polar surface area (TPSA) is 26.9 Å². The fraction of sp³-hybridized carbons (Fsp3) is 0. The van der Waals surface area contributed by atoms with Crippen LogP contribution in [0.15, 0.2) is 30.3 Å². The van der Waals surface area contributed by atoms with E-state index in [0.29, 0.717) is 14.1 Å². The predicted octanol–water partition coefficient (Wildman–Crippen LogP) is 3.36. The zero-order valence-electron chi connectivity index (χ0n) is 6.91. The van der Waals surface area contributed by atoms with Crippen LogP contribution in [0.25, 0.3) is 10.6 Å². The van der Waals surface area contributed by atoms with Crippen molar-refractivity contribution in [3.05, 3.63) is 45.0 Å². The van der Waals surface area contributed by atoms with Crippen LogP contribution in [0.2, 0.25) is 9.49 Å². The SMILES string of the molecule is [O-][n+]1c(-c2ccccc2)sc(Cl)c1Cl. The van der Waals surface area contributed by atoms with E-state index in [1.165, 1.54) is 11.3 Å². The molecule has 2 nitrogen and oxygen atoms in total. The van der Waals surface area contributed by atoms with Gasteiger partial charge in [0, 0.05) is 0 Å². The number of thiazole rings is 1. The van der Waals surface area contributed by atoms with Crippen LogP contribution in [-0.4, -0.2) is 0 Å². The van der Waals surface area contributed by atoms with Crippen molar-refractivity contribution in [1.82, 2.24) is 0 Å². The summed E-state index contributed by atoms with van der Waals surface area (Å²) in [6.45, 7) is 0. The third kappa shape index (κ3) is 1.59. The summed E-state index contributed by atoms with van der Waals surface area (Å²) < 4.78 is 0.963. The minimum atomic E-state index is 0.0375. The third-order valence-corrected chi connectivity index (χ3v) is 3.66. The average Bonchev–Trinajstić information content (AvgIpc) is 2.47. The molecule has 2 aromatic rings. The maximum atomic E-state index is 11.5. The molecule has 0 amide bonds. The average molecular weight is 246 g/mol. The number of halogens is 2. The molecule has 0 atom stereocenters. The lowest BCUT2D eigenvalue weighted by Crippen LogP contribution is -2.26. The molecule has 5 heteroatoms. The largest absolute Gasteiger partial charge is 0.617 e. The molecule has 14 heavy (non-hydrogen) atoms. The Kier molecular flexibility index (Phi) is 2.63. The Morgan fingerprint density at radius 3 is 2.29 bits per heavy atom. The van der Waals surface area contributed by atoms with Gasteiger partial charge in [0.25, 0.3) is 5.01 Å². The lowest BCUT2D eigenvalue weighted by Gasteiger charge is -1.97. The molecule has 0 saturated carbocycles. The second-order valence-electron chi connectivity index (χ2n) is 2.63. The van der Waals surface area contributed by atoms with E-state index < -0.39 is 0 Å².